The molecule has 122 valence electrons. The van der Waals surface area contributed by atoms with Gasteiger partial charge in [-0.2, -0.15) is 0 Å². The van der Waals surface area contributed by atoms with Gasteiger partial charge in [0.1, 0.15) is 0 Å². The molecule has 2 aromatic carbocycles. The van der Waals surface area contributed by atoms with E-state index in [4.69, 9.17) is 4.74 Å². The molecule has 1 aliphatic rings. The molecular weight excluding hydrogens is 366 g/mol. The zero-order valence-corrected chi connectivity index (χ0v) is 15.0. The Bertz CT molecular complexity index is 789. The fourth-order valence-corrected chi connectivity index (χ4v) is 2.71. The average molecular weight is 384 g/mol. The predicted molar refractivity (Wildman–Crippen MR) is 99.8 cm³/mol. The lowest BCUT2D eigenvalue weighted by Gasteiger charge is -2.02. The monoisotopic (exact) mass is 383 g/mol. The van der Waals surface area contributed by atoms with Gasteiger partial charge in [-0.05, 0) is 54.3 Å². The van der Waals surface area contributed by atoms with Crippen molar-refractivity contribution in [3.63, 3.8) is 0 Å². The topological polar surface area (TPSA) is 38.7 Å². The van der Waals surface area contributed by atoms with E-state index in [1.165, 1.54) is 18.4 Å². The van der Waals surface area contributed by atoms with Crippen molar-refractivity contribution >= 4 is 33.9 Å². The molecule has 2 aromatic rings. The minimum Gasteiger partial charge on any atom is -0.402 e. The summed E-state index contributed by atoms with van der Waals surface area (Å²) in [4.78, 5) is 16.4. The molecule has 1 heterocycles. The number of nitrogens with zero attached hydrogens (tertiary/aromatic N) is 1. The molecule has 0 bridgehead atoms. The van der Waals surface area contributed by atoms with Crippen molar-refractivity contribution < 1.29 is 9.53 Å². The molecule has 0 N–H and O–H groups in total. The Balaban J connectivity index is 1.79. The van der Waals surface area contributed by atoms with Gasteiger partial charge in [-0.3, -0.25) is 0 Å². The van der Waals surface area contributed by atoms with Crippen LogP contribution in [0.3, 0.4) is 0 Å². The number of unbranched alkanes of at least 4 members (excludes halogenated alkanes) is 1. The number of aliphatic imine (C=N–C) groups is 1. The third-order valence-corrected chi connectivity index (χ3v) is 4.34. The lowest BCUT2D eigenvalue weighted by molar-refractivity contribution is -0.129. The van der Waals surface area contributed by atoms with E-state index < -0.39 is 5.97 Å². The van der Waals surface area contributed by atoms with Gasteiger partial charge in [0.2, 0.25) is 5.90 Å². The number of hydrogen-bond acceptors (Lipinski definition) is 3. The highest BCUT2D eigenvalue weighted by Gasteiger charge is 2.24. The molecule has 1 aliphatic heterocycles. The first-order valence-electron chi connectivity index (χ1n) is 8.03. The van der Waals surface area contributed by atoms with E-state index >= 15 is 0 Å². The molecule has 24 heavy (non-hydrogen) atoms. The van der Waals surface area contributed by atoms with Crippen LogP contribution in [0.4, 0.5) is 0 Å². The Labute approximate surface area is 150 Å². The van der Waals surface area contributed by atoms with E-state index in [2.05, 4.69) is 40.0 Å². The number of carbonyl (C=O) groups excluding carboxylic acids is 1. The van der Waals surface area contributed by atoms with Gasteiger partial charge >= 0.3 is 5.97 Å². The number of cyclic esters (lactones) is 1. The smallest absolute Gasteiger partial charge is 0.363 e. The highest BCUT2D eigenvalue weighted by atomic mass is 79.9. The summed E-state index contributed by atoms with van der Waals surface area (Å²) >= 11 is 3.39. The van der Waals surface area contributed by atoms with Gasteiger partial charge in [-0.1, -0.05) is 53.5 Å². The van der Waals surface area contributed by atoms with Crippen molar-refractivity contribution in [2.45, 2.75) is 26.2 Å². The number of ether oxygens (including phenoxy) is 1. The number of halogens is 1. The Morgan fingerprint density at radius 2 is 1.79 bits per heavy atom. The summed E-state index contributed by atoms with van der Waals surface area (Å²) in [7, 11) is 0. The quantitative estimate of drug-likeness (QED) is 0.529. The minimum atomic E-state index is -0.414. The standard InChI is InChI=1S/C20H18BrNO2/c1-2-3-4-14-5-9-16(10-6-14)19-22-18(20(23)24-19)13-15-7-11-17(21)12-8-15/h5-13H,2-4H2,1H3/b18-13-. The third kappa shape index (κ3) is 4.01. The maximum atomic E-state index is 12.0. The summed E-state index contributed by atoms with van der Waals surface area (Å²) in [6.07, 6.45) is 5.15. The molecule has 0 aromatic heterocycles. The molecule has 0 spiro atoms. The van der Waals surface area contributed by atoms with Crippen LogP contribution in [0.2, 0.25) is 0 Å². The maximum absolute atomic E-state index is 12.0. The van der Waals surface area contributed by atoms with E-state index in [0.717, 1.165) is 22.0 Å². The maximum Gasteiger partial charge on any atom is 0.363 e. The Morgan fingerprint density at radius 3 is 2.46 bits per heavy atom. The van der Waals surface area contributed by atoms with Crippen LogP contribution in [-0.2, 0) is 16.0 Å². The van der Waals surface area contributed by atoms with Gasteiger partial charge in [0, 0.05) is 10.0 Å². The van der Waals surface area contributed by atoms with Crippen molar-refractivity contribution in [3.05, 3.63) is 75.4 Å². The summed E-state index contributed by atoms with van der Waals surface area (Å²) in [5.41, 5.74) is 3.34. The zero-order chi connectivity index (χ0) is 16.9. The number of rotatable bonds is 5. The molecular formula is C20H18BrNO2. The van der Waals surface area contributed by atoms with Crippen LogP contribution >= 0.6 is 15.9 Å². The van der Waals surface area contributed by atoms with Gasteiger partial charge in [-0.15, -0.1) is 0 Å². The SMILES string of the molecule is CCCCc1ccc(C2=N/C(=C\c3ccc(Br)cc3)C(=O)O2)cc1. The highest BCUT2D eigenvalue weighted by Crippen LogP contribution is 2.20. The number of hydrogen-bond donors (Lipinski definition) is 0. The molecule has 0 amide bonds. The second-order valence-electron chi connectivity index (χ2n) is 5.69. The van der Waals surface area contributed by atoms with Crippen molar-refractivity contribution in [2.24, 2.45) is 4.99 Å². The summed E-state index contributed by atoms with van der Waals surface area (Å²) in [5, 5.41) is 0. The van der Waals surface area contributed by atoms with E-state index in [1.54, 1.807) is 6.08 Å². The Morgan fingerprint density at radius 1 is 1.08 bits per heavy atom. The van der Waals surface area contributed by atoms with Gasteiger partial charge in [0.25, 0.3) is 0 Å². The molecule has 0 fully saturated rings. The van der Waals surface area contributed by atoms with Crippen LogP contribution in [0.25, 0.3) is 6.08 Å². The van der Waals surface area contributed by atoms with Crippen LogP contribution in [0, 0.1) is 0 Å². The summed E-state index contributed by atoms with van der Waals surface area (Å²) in [5.74, 6) is -0.0478. The van der Waals surface area contributed by atoms with E-state index in [0.29, 0.717) is 11.6 Å². The number of esters is 1. The molecule has 0 aliphatic carbocycles. The Hall–Kier alpha value is -2.20. The number of carbonyl (C=O) groups is 1. The molecule has 0 radical (unpaired) electrons. The summed E-state index contributed by atoms with van der Waals surface area (Å²) < 4.78 is 6.30. The first-order valence-corrected chi connectivity index (χ1v) is 8.82. The predicted octanol–water partition coefficient (Wildman–Crippen LogP) is 5.14. The molecule has 0 saturated carbocycles. The molecule has 4 heteroatoms. The van der Waals surface area contributed by atoms with Crippen LogP contribution in [0.15, 0.2) is 63.7 Å². The van der Waals surface area contributed by atoms with Crippen LogP contribution < -0.4 is 0 Å². The van der Waals surface area contributed by atoms with E-state index in [-0.39, 0.29) is 0 Å². The van der Waals surface area contributed by atoms with Crippen molar-refractivity contribution in [2.75, 3.05) is 0 Å². The van der Waals surface area contributed by atoms with Crippen LogP contribution in [0.5, 0.6) is 0 Å². The molecule has 0 unspecified atom stereocenters. The van der Waals surface area contributed by atoms with Gasteiger partial charge in [-0.25, -0.2) is 9.79 Å². The average Bonchev–Trinajstić information content (AvgIpc) is 2.96. The van der Waals surface area contributed by atoms with Gasteiger partial charge < -0.3 is 4.74 Å². The molecule has 3 rings (SSSR count). The first kappa shape index (κ1) is 16.7. The molecule has 0 atom stereocenters. The van der Waals surface area contributed by atoms with E-state index in [9.17, 15) is 4.79 Å². The van der Waals surface area contributed by atoms with Gasteiger partial charge in [0.15, 0.2) is 5.70 Å². The number of aryl methyl sites for hydroxylation is 1. The first-order chi connectivity index (χ1) is 11.7. The fourth-order valence-electron chi connectivity index (χ4n) is 2.44. The third-order valence-electron chi connectivity index (χ3n) is 3.81. The fraction of sp³-hybridized carbons (Fsp3) is 0.200. The van der Waals surface area contributed by atoms with Crippen molar-refractivity contribution in [3.8, 4) is 0 Å². The Kier molecular flexibility index (Phi) is 5.26. The van der Waals surface area contributed by atoms with Gasteiger partial charge in [0.05, 0.1) is 0 Å². The lowest BCUT2D eigenvalue weighted by atomic mass is 10.1. The second-order valence-corrected chi connectivity index (χ2v) is 6.60. The molecule has 0 saturated heterocycles. The van der Waals surface area contributed by atoms with Crippen LogP contribution in [0.1, 0.15) is 36.5 Å². The zero-order valence-electron chi connectivity index (χ0n) is 13.5. The minimum absolute atomic E-state index is 0.322. The highest BCUT2D eigenvalue weighted by molar-refractivity contribution is 9.10. The molecule has 3 nitrogen and oxygen atoms in total. The largest absolute Gasteiger partial charge is 0.402 e. The number of benzene rings is 2. The lowest BCUT2D eigenvalue weighted by Crippen LogP contribution is -2.05. The van der Waals surface area contributed by atoms with E-state index in [1.807, 2.05) is 36.4 Å². The van der Waals surface area contributed by atoms with Crippen molar-refractivity contribution in [1.82, 2.24) is 0 Å². The van der Waals surface area contributed by atoms with Crippen molar-refractivity contribution in [1.29, 1.82) is 0 Å². The van der Waals surface area contributed by atoms with Crippen LogP contribution in [-0.4, -0.2) is 11.9 Å². The summed E-state index contributed by atoms with van der Waals surface area (Å²) in [6, 6.07) is 15.7. The summed E-state index contributed by atoms with van der Waals surface area (Å²) in [6.45, 7) is 2.18. The second kappa shape index (κ2) is 7.58. The normalized spacial score (nSPS) is 15.5.